The SMILES string of the molecule is COC(=O)N1CCC(OC(=O)NC2(C(=O)C[C@@H](C(C)C)[C@H](O)C(=O)C[C@H]3CCCCNC3=O)CCCCC2)CC1.COC(=O)N1CCC(OC(=O)NC2(C(=O)C[C@H](C(=O)C(=O)C[C@H]3CCCCNC3=O)C(C)C)CCCCC2)CC1. The van der Waals surface area contributed by atoms with E-state index in [0.717, 1.165) is 64.2 Å². The Labute approximate surface area is 471 Å². The monoisotopic (exact) mass is 1130 g/mol. The van der Waals surface area contributed by atoms with E-state index in [1.165, 1.54) is 14.2 Å². The Morgan fingerprint density at radius 3 is 1.38 bits per heavy atom. The van der Waals surface area contributed by atoms with Crippen LogP contribution in [-0.4, -0.2) is 163 Å². The molecule has 2 aliphatic carbocycles. The van der Waals surface area contributed by atoms with Gasteiger partial charge < -0.3 is 55.1 Å². The Morgan fingerprint density at radius 1 is 0.562 bits per heavy atom. The molecule has 4 saturated heterocycles. The number of amides is 6. The number of piperidine rings is 2. The third-order valence-electron chi connectivity index (χ3n) is 17.5. The number of aliphatic hydroxyl groups excluding tert-OH is 1. The number of methoxy groups -OCH3 is 2. The summed E-state index contributed by atoms with van der Waals surface area (Å²) in [6, 6.07) is 0. The molecule has 0 spiro atoms. The molecule has 0 radical (unpaired) electrons. The highest BCUT2D eigenvalue weighted by atomic mass is 16.6. The first kappa shape index (κ1) is 65.1. The molecule has 2 saturated carbocycles. The van der Waals surface area contributed by atoms with E-state index in [2.05, 4.69) is 21.3 Å². The summed E-state index contributed by atoms with van der Waals surface area (Å²) in [5.74, 6) is -5.36. The highest BCUT2D eigenvalue weighted by Crippen LogP contribution is 2.36. The summed E-state index contributed by atoms with van der Waals surface area (Å²) in [6.07, 6.45) is 8.47. The molecule has 22 nitrogen and oxygen atoms in total. The molecular formula is C58H92N6O16. The number of ether oxygens (including phenoxy) is 4. The van der Waals surface area contributed by atoms with Crippen LogP contribution in [0.15, 0.2) is 0 Å². The molecule has 0 aromatic heterocycles. The molecule has 6 fully saturated rings. The van der Waals surface area contributed by atoms with Gasteiger partial charge in [0.05, 0.1) is 14.2 Å². The molecule has 6 amide bonds. The Morgan fingerprint density at radius 2 is 0.975 bits per heavy atom. The van der Waals surface area contributed by atoms with Crippen molar-refractivity contribution in [1.82, 2.24) is 31.1 Å². The molecule has 22 heteroatoms. The minimum absolute atomic E-state index is 0.0467. The molecule has 450 valence electrons. The van der Waals surface area contributed by atoms with Gasteiger partial charge in [-0.15, -0.1) is 0 Å². The van der Waals surface area contributed by atoms with Crippen molar-refractivity contribution < 1.29 is 76.8 Å². The Bertz CT molecular complexity index is 2160. The van der Waals surface area contributed by atoms with Gasteiger partial charge in [-0.25, -0.2) is 19.2 Å². The second-order valence-electron chi connectivity index (χ2n) is 23.7. The highest BCUT2D eigenvalue weighted by molar-refractivity contribution is 6.38. The van der Waals surface area contributed by atoms with Gasteiger partial charge in [-0.2, -0.15) is 0 Å². The van der Waals surface area contributed by atoms with Crippen molar-refractivity contribution in [1.29, 1.82) is 0 Å². The highest BCUT2D eigenvalue weighted by Gasteiger charge is 2.46. The number of ketones is 5. The summed E-state index contributed by atoms with van der Waals surface area (Å²) in [5, 5.41) is 22.4. The molecule has 6 aliphatic rings. The van der Waals surface area contributed by atoms with Gasteiger partial charge in [-0.05, 0) is 63.2 Å². The zero-order valence-corrected chi connectivity index (χ0v) is 48.4. The fourth-order valence-corrected chi connectivity index (χ4v) is 12.3. The number of alkyl carbamates (subject to hydrolysis) is 2. The van der Waals surface area contributed by atoms with Gasteiger partial charge in [-0.3, -0.25) is 33.6 Å². The van der Waals surface area contributed by atoms with Crippen molar-refractivity contribution >= 4 is 65.1 Å². The van der Waals surface area contributed by atoms with Crippen molar-refractivity contribution in [2.45, 2.75) is 211 Å². The van der Waals surface area contributed by atoms with Crippen molar-refractivity contribution in [3.63, 3.8) is 0 Å². The van der Waals surface area contributed by atoms with E-state index in [-0.39, 0.29) is 73.1 Å². The molecule has 5 atom stereocenters. The van der Waals surface area contributed by atoms with Crippen LogP contribution in [0.1, 0.15) is 182 Å². The van der Waals surface area contributed by atoms with Gasteiger partial charge in [0.2, 0.25) is 17.6 Å². The summed E-state index contributed by atoms with van der Waals surface area (Å²) < 4.78 is 20.8. The summed E-state index contributed by atoms with van der Waals surface area (Å²) in [6.45, 7) is 10.1. The summed E-state index contributed by atoms with van der Waals surface area (Å²) in [7, 11) is 2.65. The van der Waals surface area contributed by atoms with Crippen molar-refractivity contribution in [3.8, 4) is 0 Å². The molecule has 6 rings (SSSR count). The number of carbonyl (C=O) groups excluding carboxylic acids is 11. The number of hydrogen-bond donors (Lipinski definition) is 5. The number of Topliss-reactive ketones (excluding diaryl/α,β-unsaturated/α-hetero) is 5. The molecule has 0 aromatic carbocycles. The lowest BCUT2D eigenvalue weighted by Crippen LogP contribution is -2.57. The summed E-state index contributed by atoms with van der Waals surface area (Å²) in [5.41, 5.74) is -2.27. The predicted molar refractivity (Wildman–Crippen MR) is 292 cm³/mol. The fraction of sp³-hybridized carbons (Fsp3) is 0.810. The Balaban J connectivity index is 0.000000294. The number of hydrogen-bond acceptors (Lipinski definition) is 16. The van der Waals surface area contributed by atoms with E-state index in [9.17, 15) is 57.8 Å². The second-order valence-corrected chi connectivity index (χ2v) is 23.7. The maximum absolute atomic E-state index is 13.8. The Kier molecular flexibility index (Phi) is 25.7. The lowest BCUT2D eigenvalue weighted by atomic mass is 9.73. The van der Waals surface area contributed by atoms with E-state index in [4.69, 9.17) is 18.9 Å². The third kappa shape index (κ3) is 18.7. The van der Waals surface area contributed by atoms with Crippen LogP contribution in [0.3, 0.4) is 0 Å². The lowest BCUT2D eigenvalue weighted by Gasteiger charge is -2.39. The van der Waals surface area contributed by atoms with Crippen molar-refractivity contribution in [2.24, 2.45) is 35.5 Å². The van der Waals surface area contributed by atoms with Crippen LogP contribution in [0.4, 0.5) is 19.2 Å². The van der Waals surface area contributed by atoms with Crippen LogP contribution in [0.25, 0.3) is 0 Å². The predicted octanol–water partition coefficient (Wildman–Crippen LogP) is 6.44. The first-order chi connectivity index (χ1) is 38.1. The molecule has 4 aliphatic heterocycles. The van der Waals surface area contributed by atoms with Crippen LogP contribution in [-0.2, 0) is 52.5 Å². The maximum Gasteiger partial charge on any atom is 0.409 e. The molecule has 5 N–H and O–H groups in total. The maximum atomic E-state index is 13.8. The van der Waals surface area contributed by atoms with Crippen LogP contribution >= 0.6 is 0 Å². The molecule has 80 heavy (non-hydrogen) atoms. The standard InChI is InChI=1S/C29H47N3O8.C29H45N3O8/c2*1-19(2)22(25(35)23(33)17-20-9-5-8-14-30-26(20)36)18-24(34)29(12-6-4-7-13-29)31-27(37)40-21-10-15-32(16-11-21)28(38)39-3/h19-22,25,35H,4-18H2,1-3H3,(H,30,36)(H,31,37);19-22H,4-18H2,1-3H3,(H,30,36)(H,31,37)/t20-,22+,25+;20-,22+/m11/s1. The van der Waals surface area contributed by atoms with Gasteiger partial charge in [0.25, 0.3) is 0 Å². The fourth-order valence-electron chi connectivity index (χ4n) is 12.3. The third-order valence-corrected chi connectivity index (χ3v) is 17.5. The summed E-state index contributed by atoms with van der Waals surface area (Å²) in [4.78, 5) is 144. The quantitative estimate of drug-likeness (QED) is 0.0647. The van der Waals surface area contributed by atoms with Gasteiger partial charge in [0.1, 0.15) is 29.4 Å². The topological polar surface area (TPSA) is 300 Å². The second kappa shape index (κ2) is 31.5. The average molecular weight is 1130 g/mol. The number of aliphatic hydroxyl groups is 1. The lowest BCUT2D eigenvalue weighted by molar-refractivity contribution is -0.143. The van der Waals surface area contributed by atoms with Crippen LogP contribution < -0.4 is 21.3 Å². The molecule has 0 bridgehead atoms. The minimum Gasteiger partial charge on any atom is -0.453 e. The smallest absolute Gasteiger partial charge is 0.409 e. The molecular weight excluding hydrogens is 1040 g/mol. The van der Waals surface area contributed by atoms with Gasteiger partial charge in [0, 0.05) is 114 Å². The van der Waals surface area contributed by atoms with Gasteiger partial charge in [0.15, 0.2) is 23.1 Å². The zero-order valence-electron chi connectivity index (χ0n) is 48.4. The normalized spacial score (nSPS) is 22.9. The van der Waals surface area contributed by atoms with Crippen molar-refractivity contribution in [3.05, 3.63) is 0 Å². The van der Waals surface area contributed by atoms with E-state index in [1.54, 1.807) is 23.6 Å². The van der Waals surface area contributed by atoms with Crippen LogP contribution in [0, 0.1) is 35.5 Å². The van der Waals surface area contributed by atoms with Crippen molar-refractivity contribution in [2.75, 3.05) is 53.5 Å². The number of nitrogens with one attached hydrogen (secondary N) is 4. The summed E-state index contributed by atoms with van der Waals surface area (Å²) >= 11 is 0. The van der Waals surface area contributed by atoms with Gasteiger partial charge >= 0.3 is 24.4 Å². The largest absolute Gasteiger partial charge is 0.453 e. The van der Waals surface area contributed by atoms with E-state index >= 15 is 0 Å². The molecule has 0 aromatic rings. The van der Waals surface area contributed by atoms with E-state index in [0.29, 0.717) is 103 Å². The number of likely N-dealkylation sites (tertiary alicyclic amines) is 2. The molecule has 0 unspecified atom stereocenters. The minimum atomic E-state index is -1.37. The number of carbonyl (C=O) groups is 11. The first-order valence-electron chi connectivity index (χ1n) is 29.7. The Hall–Kier alpha value is -5.67. The zero-order chi connectivity index (χ0) is 58.6. The van der Waals surface area contributed by atoms with Crippen LogP contribution in [0.5, 0.6) is 0 Å². The number of nitrogens with zero attached hydrogens (tertiary/aromatic N) is 2. The van der Waals surface area contributed by atoms with Gasteiger partial charge in [-0.1, -0.05) is 79.1 Å². The number of rotatable bonds is 20. The first-order valence-corrected chi connectivity index (χ1v) is 29.7. The average Bonchev–Trinajstić information content (AvgIpc) is 3.80. The van der Waals surface area contributed by atoms with E-state index < -0.39 is 82.6 Å². The van der Waals surface area contributed by atoms with Crippen LogP contribution in [0.2, 0.25) is 0 Å². The van der Waals surface area contributed by atoms with E-state index in [1.807, 2.05) is 13.8 Å². The molecule has 4 heterocycles.